The van der Waals surface area contributed by atoms with E-state index in [1.807, 2.05) is 24.3 Å². The van der Waals surface area contributed by atoms with Gasteiger partial charge in [0, 0.05) is 11.5 Å². The number of fused-ring (bicyclic) bond motifs is 3. The minimum absolute atomic E-state index is 0.00383. The van der Waals surface area contributed by atoms with Crippen molar-refractivity contribution in [3.63, 3.8) is 0 Å². The number of carbonyl (C=O) groups excluding carboxylic acids is 1. The van der Waals surface area contributed by atoms with Crippen molar-refractivity contribution in [1.82, 2.24) is 5.32 Å². The van der Waals surface area contributed by atoms with Crippen LogP contribution in [0.15, 0.2) is 66.7 Å². The van der Waals surface area contributed by atoms with E-state index >= 15 is 0 Å². The molecule has 4 nitrogen and oxygen atoms in total. The molecule has 3 aromatic carbocycles. The number of nitrogens with zero attached hydrogens (tertiary/aromatic N) is 1. The molecule has 0 saturated carbocycles. The zero-order valence-electron chi connectivity index (χ0n) is 16.0. The Balaban J connectivity index is 1.34. The zero-order chi connectivity index (χ0) is 20.9. The molecule has 1 aliphatic carbocycles. The molecule has 0 unspecified atom stereocenters. The van der Waals surface area contributed by atoms with Gasteiger partial charge in [0.1, 0.15) is 18.5 Å². The first-order chi connectivity index (χ1) is 14.7. The van der Waals surface area contributed by atoms with E-state index in [1.54, 1.807) is 12.1 Å². The Morgan fingerprint density at radius 3 is 2.33 bits per heavy atom. The molecule has 146 valence electrons. The summed E-state index contributed by atoms with van der Waals surface area (Å²) in [7, 11) is 0. The normalized spacial score (nSPS) is 11.5. The van der Waals surface area contributed by atoms with E-state index in [4.69, 9.17) is 10.00 Å². The monoisotopic (exact) mass is 396 g/mol. The van der Waals surface area contributed by atoms with E-state index in [0.29, 0.717) is 5.56 Å². The molecule has 1 N–H and O–H groups in total. The van der Waals surface area contributed by atoms with E-state index < -0.39 is 11.9 Å². The van der Waals surface area contributed by atoms with E-state index in [1.165, 1.54) is 23.3 Å². The van der Waals surface area contributed by atoms with Crippen LogP contribution in [0, 0.1) is 29.0 Å². The Kier molecular flexibility index (Phi) is 5.46. The molecule has 0 aliphatic heterocycles. The highest BCUT2D eigenvalue weighted by molar-refractivity contribution is 5.79. The summed E-state index contributed by atoms with van der Waals surface area (Å²) < 4.78 is 19.0. The Morgan fingerprint density at radius 1 is 1.03 bits per heavy atom. The maximum absolute atomic E-state index is 13.6. The van der Waals surface area contributed by atoms with Gasteiger partial charge in [0.2, 0.25) is 0 Å². The maximum atomic E-state index is 13.6. The summed E-state index contributed by atoms with van der Waals surface area (Å²) in [4.78, 5) is 12.1. The molecule has 1 amide bonds. The number of amides is 1. The summed E-state index contributed by atoms with van der Waals surface area (Å²) in [6.07, 6.45) is -0.558. The average molecular weight is 396 g/mol. The molecule has 0 atom stereocenters. The van der Waals surface area contributed by atoms with E-state index in [-0.39, 0.29) is 24.6 Å². The van der Waals surface area contributed by atoms with E-state index in [2.05, 4.69) is 41.4 Å². The van der Waals surface area contributed by atoms with Crippen molar-refractivity contribution in [2.75, 3.05) is 13.2 Å². The molecule has 0 radical (unpaired) electrons. The summed E-state index contributed by atoms with van der Waals surface area (Å²) in [5, 5.41) is 11.3. The first-order valence-corrected chi connectivity index (χ1v) is 9.44. The maximum Gasteiger partial charge on any atom is 0.407 e. The summed E-state index contributed by atoms with van der Waals surface area (Å²) in [6, 6.07) is 22.1. The van der Waals surface area contributed by atoms with Crippen molar-refractivity contribution in [2.24, 2.45) is 0 Å². The van der Waals surface area contributed by atoms with Crippen LogP contribution in [0.1, 0.15) is 28.2 Å². The van der Waals surface area contributed by atoms with Gasteiger partial charge < -0.3 is 10.1 Å². The van der Waals surface area contributed by atoms with Crippen molar-refractivity contribution in [3.05, 3.63) is 94.8 Å². The molecule has 1 aliphatic rings. The molecular weight excluding hydrogens is 379 g/mol. The van der Waals surface area contributed by atoms with Crippen LogP contribution in [0.4, 0.5) is 9.18 Å². The van der Waals surface area contributed by atoms with Crippen molar-refractivity contribution < 1.29 is 13.9 Å². The number of benzene rings is 3. The lowest BCUT2D eigenvalue weighted by atomic mass is 9.98. The van der Waals surface area contributed by atoms with Gasteiger partial charge in [-0.1, -0.05) is 60.4 Å². The standard InChI is InChI=1S/C25H17FN2O2/c26-24-14-17(11-12-18(24)15-27)6-5-13-28-25(29)30-16-23-21-9-3-1-7-19(21)20-8-2-4-10-22(20)23/h1-4,7-12,14,23H,13,16H2,(H,28,29). The molecule has 4 rings (SSSR count). The lowest BCUT2D eigenvalue weighted by Gasteiger charge is -2.14. The number of ether oxygens (including phenoxy) is 1. The number of carbonyl (C=O) groups is 1. The topological polar surface area (TPSA) is 62.1 Å². The van der Waals surface area contributed by atoms with Crippen molar-refractivity contribution in [1.29, 1.82) is 5.26 Å². The second-order valence-electron chi connectivity index (χ2n) is 6.79. The van der Waals surface area contributed by atoms with E-state index in [9.17, 15) is 9.18 Å². The summed E-state index contributed by atoms with van der Waals surface area (Å²) >= 11 is 0. The highest BCUT2D eigenvalue weighted by Gasteiger charge is 2.28. The fourth-order valence-electron chi connectivity index (χ4n) is 3.60. The SMILES string of the molecule is N#Cc1ccc(C#CCNC(=O)OCC2c3ccccc3-c3ccccc32)cc1F. The Morgan fingerprint density at radius 2 is 1.70 bits per heavy atom. The number of alkyl carbamates (subject to hydrolysis) is 1. The molecule has 0 spiro atoms. The first-order valence-electron chi connectivity index (χ1n) is 9.44. The number of hydrogen-bond donors (Lipinski definition) is 1. The molecule has 0 aromatic heterocycles. The van der Waals surface area contributed by atoms with Gasteiger partial charge in [0.25, 0.3) is 0 Å². The minimum atomic E-state index is -0.617. The third-order valence-corrected chi connectivity index (χ3v) is 4.99. The quantitative estimate of drug-likeness (QED) is 0.659. The Bertz CT molecular complexity index is 1170. The van der Waals surface area contributed by atoms with Crippen LogP contribution >= 0.6 is 0 Å². The van der Waals surface area contributed by atoms with Gasteiger partial charge in [0.15, 0.2) is 0 Å². The Hall–Kier alpha value is -4.09. The number of nitriles is 1. The zero-order valence-corrected chi connectivity index (χ0v) is 16.0. The largest absolute Gasteiger partial charge is 0.449 e. The van der Waals surface area contributed by atoms with Crippen LogP contribution < -0.4 is 5.32 Å². The fourth-order valence-corrected chi connectivity index (χ4v) is 3.60. The first kappa shape index (κ1) is 19.2. The van der Waals surface area contributed by atoms with Gasteiger partial charge in [-0.25, -0.2) is 9.18 Å². The summed E-state index contributed by atoms with van der Waals surface area (Å²) in [6.45, 7) is 0.298. The highest BCUT2D eigenvalue weighted by Crippen LogP contribution is 2.44. The Labute approximate surface area is 173 Å². The summed E-state index contributed by atoms with van der Waals surface area (Å²) in [5.74, 6) is 4.87. The lowest BCUT2D eigenvalue weighted by Crippen LogP contribution is -2.26. The number of nitrogens with one attached hydrogen (secondary N) is 1. The fraction of sp³-hybridized carbons (Fsp3) is 0.120. The number of rotatable bonds is 3. The second kappa shape index (κ2) is 8.51. The third kappa shape index (κ3) is 3.87. The van der Waals surface area contributed by atoms with Crippen molar-refractivity contribution >= 4 is 6.09 Å². The van der Waals surface area contributed by atoms with Crippen LogP contribution in [-0.4, -0.2) is 19.2 Å². The van der Waals surface area contributed by atoms with Crippen molar-refractivity contribution in [2.45, 2.75) is 5.92 Å². The molecule has 0 fully saturated rings. The van der Waals surface area contributed by atoms with Crippen molar-refractivity contribution in [3.8, 4) is 29.0 Å². The summed E-state index contributed by atoms with van der Waals surface area (Å²) in [5.41, 5.74) is 5.03. The van der Waals surface area contributed by atoms with Crippen LogP contribution in [0.25, 0.3) is 11.1 Å². The van der Waals surface area contributed by atoms with Crippen LogP contribution in [0.2, 0.25) is 0 Å². The van der Waals surface area contributed by atoms with Gasteiger partial charge in [0.05, 0.1) is 12.1 Å². The van der Waals surface area contributed by atoms with Gasteiger partial charge in [-0.2, -0.15) is 5.26 Å². The average Bonchev–Trinajstić information content (AvgIpc) is 3.09. The van der Waals surface area contributed by atoms with Gasteiger partial charge in [-0.15, -0.1) is 0 Å². The molecule has 0 heterocycles. The number of halogens is 1. The van der Waals surface area contributed by atoms with Gasteiger partial charge in [-0.05, 0) is 40.5 Å². The molecule has 30 heavy (non-hydrogen) atoms. The molecule has 3 aromatic rings. The van der Waals surface area contributed by atoms with Gasteiger partial charge >= 0.3 is 6.09 Å². The van der Waals surface area contributed by atoms with Crippen LogP contribution in [0.3, 0.4) is 0 Å². The second-order valence-corrected chi connectivity index (χ2v) is 6.79. The molecule has 0 bridgehead atoms. The van der Waals surface area contributed by atoms with Gasteiger partial charge in [-0.3, -0.25) is 0 Å². The van der Waals surface area contributed by atoms with Crippen LogP contribution in [0.5, 0.6) is 0 Å². The molecular formula is C25H17FN2O2. The molecule has 5 heteroatoms. The predicted octanol–water partition coefficient (Wildman–Crippen LogP) is 4.59. The van der Waals surface area contributed by atoms with E-state index in [0.717, 1.165) is 11.1 Å². The smallest absolute Gasteiger partial charge is 0.407 e. The predicted molar refractivity (Wildman–Crippen MR) is 111 cm³/mol. The minimum Gasteiger partial charge on any atom is -0.449 e. The number of hydrogen-bond acceptors (Lipinski definition) is 3. The molecule has 0 saturated heterocycles. The van der Waals surface area contributed by atoms with Crippen LogP contribution in [-0.2, 0) is 4.74 Å². The highest BCUT2D eigenvalue weighted by atomic mass is 19.1. The lowest BCUT2D eigenvalue weighted by molar-refractivity contribution is 0.144. The third-order valence-electron chi connectivity index (χ3n) is 4.99.